The smallest absolute Gasteiger partial charge is 0.333 e. The number of aromatic hydroxyl groups is 2. The van der Waals surface area contributed by atoms with E-state index in [0.717, 1.165) is 16.9 Å². The number of hydrogen-bond donors (Lipinski definition) is 4. The van der Waals surface area contributed by atoms with Gasteiger partial charge in [0.05, 0.1) is 30.2 Å². The maximum atomic E-state index is 12.4. The van der Waals surface area contributed by atoms with Crippen LogP contribution in [0.2, 0.25) is 0 Å². The van der Waals surface area contributed by atoms with Gasteiger partial charge >= 0.3 is 5.69 Å². The van der Waals surface area contributed by atoms with Crippen molar-refractivity contribution in [2.24, 2.45) is 0 Å². The number of allylic oxidation sites excluding steroid dienone is 1. The van der Waals surface area contributed by atoms with Crippen molar-refractivity contribution in [1.29, 1.82) is 0 Å². The first kappa shape index (κ1) is 17.9. The number of nitrogens with zero attached hydrogens (tertiary/aromatic N) is 3. The monoisotopic (exact) mass is 383 g/mol. The fourth-order valence-electron chi connectivity index (χ4n) is 3.25. The maximum absolute atomic E-state index is 12.4. The van der Waals surface area contributed by atoms with Crippen molar-refractivity contribution < 1.29 is 15.1 Å². The predicted octanol–water partition coefficient (Wildman–Crippen LogP) is 1.56. The lowest BCUT2D eigenvalue weighted by atomic mass is 10.1. The van der Waals surface area contributed by atoms with Gasteiger partial charge in [-0.25, -0.2) is 9.36 Å². The van der Waals surface area contributed by atoms with E-state index in [2.05, 4.69) is 15.6 Å². The third-order valence-corrected chi connectivity index (χ3v) is 4.83. The Bertz CT molecular complexity index is 1090. The normalized spacial score (nSPS) is 16.6. The molecule has 2 aromatic heterocycles. The van der Waals surface area contributed by atoms with E-state index in [9.17, 15) is 15.0 Å². The van der Waals surface area contributed by atoms with Crippen LogP contribution >= 0.6 is 0 Å². The molecule has 9 nitrogen and oxygen atoms in total. The Balaban J connectivity index is 1.59. The minimum Gasteiger partial charge on any atom is -0.508 e. The zero-order valence-electron chi connectivity index (χ0n) is 15.5. The zero-order chi connectivity index (χ0) is 19.8. The fourth-order valence-corrected chi connectivity index (χ4v) is 3.25. The van der Waals surface area contributed by atoms with Gasteiger partial charge in [0, 0.05) is 18.2 Å². The van der Waals surface area contributed by atoms with Crippen LogP contribution in [-0.4, -0.2) is 35.6 Å². The second kappa shape index (κ2) is 6.93. The summed E-state index contributed by atoms with van der Waals surface area (Å²) in [7, 11) is 0. The number of phenols is 1. The Morgan fingerprint density at radius 3 is 2.68 bits per heavy atom. The van der Waals surface area contributed by atoms with Crippen LogP contribution in [-0.2, 0) is 17.8 Å². The van der Waals surface area contributed by atoms with Crippen molar-refractivity contribution in [2.45, 2.75) is 32.9 Å². The zero-order valence-corrected chi connectivity index (χ0v) is 15.5. The highest BCUT2D eigenvalue weighted by Crippen LogP contribution is 2.23. The number of rotatable bonds is 5. The molecular weight excluding hydrogens is 362 g/mol. The molecular formula is C19H21N5O4. The van der Waals surface area contributed by atoms with Crippen LogP contribution in [0.15, 0.2) is 52.8 Å². The van der Waals surface area contributed by atoms with Gasteiger partial charge in [-0.2, -0.15) is 10.6 Å². The topological polar surface area (TPSA) is 117 Å². The Kier molecular flexibility index (Phi) is 4.44. The first-order chi connectivity index (χ1) is 13.4. The first-order valence-electron chi connectivity index (χ1n) is 8.88. The second-order valence-corrected chi connectivity index (χ2v) is 6.83. The highest BCUT2D eigenvalue weighted by Gasteiger charge is 2.22. The molecule has 0 saturated carbocycles. The van der Waals surface area contributed by atoms with Gasteiger partial charge in [0.15, 0.2) is 0 Å². The van der Waals surface area contributed by atoms with E-state index in [1.807, 2.05) is 13.8 Å². The molecule has 0 radical (unpaired) electrons. The highest BCUT2D eigenvalue weighted by molar-refractivity contribution is 5.37. The third-order valence-electron chi connectivity index (χ3n) is 4.83. The molecule has 3 heterocycles. The highest BCUT2D eigenvalue weighted by atomic mass is 16.7. The number of nitrogens with one attached hydrogen (secondary N) is 2. The van der Waals surface area contributed by atoms with Gasteiger partial charge in [-0.1, -0.05) is 12.1 Å². The van der Waals surface area contributed by atoms with Crippen molar-refractivity contribution in [1.82, 2.24) is 24.8 Å². The number of phenolic OH excluding ortho intramolecular Hbond substituents is 1. The van der Waals surface area contributed by atoms with Crippen LogP contribution in [0.4, 0.5) is 0 Å². The molecule has 1 atom stereocenters. The number of H-pyrrole nitrogens is 1. The van der Waals surface area contributed by atoms with Gasteiger partial charge in [-0.05, 0) is 31.5 Å². The van der Waals surface area contributed by atoms with Gasteiger partial charge in [0.1, 0.15) is 11.5 Å². The van der Waals surface area contributed by atoms with Crippen LogP contribution in [0.25, 0.3) is 5.69 Å². The summed E-state index contributed by atoms with van der Waals surface area (Å²) in [6.45, 7) is 4.39. The molecule has 9 heteroatoms. The van der Waals surface area contributed by atoms with E-state index in [1.54, 1.807) is 35.1 Å². The van der Waals surface area contributed by atoms with Crippen molar-refractivity contribution in [3.63, 3.8) is 0 Å². The quantitative estimate of drug-likeness (QED) is 0.531. The number of hydroxylamine groups is 1. The van der Waals surface area contributed by atoms with E-state index < -0.39 is 5.69 Å². The number of imidazole rings is 1. The van der Waals surface area contributed by atoms with Gasteiger partial charge in [-0.15, -0.1) is 0 Å². The number of aromatic nitrogens is 4. The average Bonchev–Trinajstić information content (AvgIpc) is 3.32. The van der Waals surface area contributed by atoms with Gasteiger partial charge in [0.2, 0.25) is 5.88 Å². The van der Waals surface area contributed by atoms with Gasteiger partial charge < -0.3 is 20.0 Å². The summed E-state index contributed by atoms with van der Waals surface area (Å²) >= 11 is 0. The van der Waals surface area contributed by atoms with Crippen LogP contribution in [0.3, 0.4) is 0 Å². The van der Waals surface area contributed by atoms with Crippen molar-refractivity contribution >= 4 is 0 Å². The van der Waals surface area contributed by atoms with Crippen molar-refractivity contribution in [3.8, 4) is 17.3 Å². The first-order valence-corrected chi connectivity index (χ1v) is 8.88. The Morgan fingerprint density at radius 1 is 1.25 bits per heavy atom. The molecule has 146 valence electrons. The Morgan fingerprint density at radius 2 is 2.00 bits per heavy atom. The molecule has 0 aliphatic carbocycles. The molecule has 1 aliphatic rings. The minimum atomic E-state index is -0.444. The van der Waals surface area contributed by atoms with Crippen molar-refractivity contribution in [2.75, 3.05) is 0 Å². The van der Waals surface area contributed by atoms with Crippen molar-refractivity contribution in [3.05, 3.63) is 69.7 Å². The molecule has 0 amide bonds. The van der Waals surface area contributed by atoms with E-state index >= 15 is 0 Å². The van der Waals surface area contributed by atoms with Crippen LogP contribution in [0, 0.1) is 0 Å². The summed E-state index contributed by atoms with van der Waals surface area (Å²) in [5, 5.41) is 24.2. The molecule has 3 aromatic rings. The molecule has 1 aromatic carbocycles. The minimum absolute atomic E-state index is 0.0768. The van der Waals surface area contributed by atoms with E-state index in [-0.39, 0.29) is 17.7 Å². The maximum Gasteiger partial charge on any atom is 0.333 e. The lowest BCUT2D eigenvalue weighted by Crippen LogP contribution is -2.21. The summed E-state index contributed by atoms with van der Waals surface area (Å²) in [6.07, 6.45) is 3.56. The molecule has 0 saturated heterocycles. The predicted molar refractivity (Wildman–Crippen MR) is 101 cm³/mol. The summed E-state index contributed by atoms with van der Waals surface area (Å²) < 4.78 is 2.88. The second-order valence-electron chi connectivity index (χ2n) is 6.83. The summed E-state index contributed by atoms with van der Waals surface area (Å²) in [5.74, 6) is 0.809. The molecule has 28 heavy (non-hydrogen) atoms. The Labute approximate surface area is 160 Å². The summed E-state index contributed by atoms with van der Waals surface area (Å²) in [4.78, 5) is 20.4. The SMILES string of the molecule is CC1=C(Cn2cc(-n3c(O)c(Cc4ccc(O)cc4)[nH]c3=O)cn2)C(C)NO1. The van der Waals surface area contributed by atoms with Crippen LogP contribution in [0.1, 0.15) is 25.1 Å². The Hall–Kier alpha value is -3.46. The fraction of sp³-hybridized carbons (Fsp3) is 0.263. The van der Waals surface area contributed by atoms with Gasteiger partial charge in [-0.3, -0.25) is 4.68 Å². The van der Waals surface area contributed by atoms with E-state index in [4.69, 9.17) is 4.84 Å². The summed E-state index contributed by atoms with van der Waals surface area (Å²) in [6, 6.07) is 6.66. The summed E-state index contributed by atoms with van der Waals surface area (Å²) in [5.41, 5.74) is 5.22. The standard InChI is InChI=1S/C19H21N5O4/c1-11-16(12(2)28-22-11)10-23-9-14(8-20-23)24-18(26)17(21-19(24)27)7-13-3-5-15(25)6-4-13/h3-6,8-9,11,22,25-26H,7,10H2,1-2H3,(H,21,27). The molecule has 4 N–H and O–H groups in total. The largest absolute Gasteiger partial charge is 0.508 e. The lowest BCUT2D eigenvalue weighted by Gasteiger charge is -2.07. The third kappa shape index (κ3) is 3.27. The number of hydrogen-bond acceptors (Lipinski definition) is 6. The average molecular weight is 383 g/mol. The number of benzene rings is 1. The molecule has 0 spiro atoms. The number of aromatic amines is 1. The molecule has 1 unspecified atom stereocenters. The molecule has 0 fully saturated rings. The molecule has 4 rings (SSSR count). The van der Waals surface area contributed by atoms with E-state index in [1.165, 1.54) is 10.8 Å². The van der Waals surface area contributed by atoms with Gasteiger partial charge in [0.25, 0.3) is 0 Å². The molecule has 1 aliphatic heterocycles. The molecule has 0 bridgehead atoms. The lowest BCUT2D eigenvalue weighted by molar-refractivity contribution is 0.121. The van der Waals surface area contributed by atoms with Crippen LogP contribution in [0.5, 0.6) is 11.6 Å². The van der Waals surface area contributed by atoms with E-state index in [0.29, 0.717) is 24.3 Å². The van der Waals surface area contributed by atoms with Crippen LogP contribution < -0.4 is 11.2 Å².